The van der Waals surface area contributed by atoms with Crippen LogP contribution in [0.25, 0.3) is 0 Å². The van der Waals surface area contributed by atoms with E-state index in [4.69, 9.17) is 18.9 Å². The number of rotatable bonds is 45. The van der Waals surface area contributed by atoms with Crippen molar-refractivity contribution < 1.29 is 56.2 Å². The van der Waals surface area contributed by atoms with E-state index in [1.807, 2.05) is 0 Å². The first-order valence-electron chi connectivity index (χ1n) is 26.5. The van der Waals surface area contributed by atoms with E-state index in [1.54, 1.807) is 0 Å². The Balaban J connectivity index is 2.39. The molecule has 4 N–H and O–H groups in total. The smallest absolute Gasteiger partial charge is 0.397 e. The number of carbonyl (C=O) groups excluding carboxylic acids is 1. The summed E-state index contributed by atoms with van der Waals surface area (Å²) in [5, 5.41) is 30.8. The van der Waals surface area contributed by atoms with Gasteiger partial charge in [0, 0.05) is 13.0 Å². The Morgan fingerprint density at radius 1 is 0.565 bits per heavy atom. The molecular formula is C56H94O12S. The Morgan fingerprint density at radius 3 is 1.46 bits per heavy atom. The van der Waals surface area contributed by atoms with Gasteiger partial charge in [-0.05, 0) is 96.3 Å². The van der Waals surface area contributed by atoms with Crippen LogP contribution in [-0.2, 0) is 38.3 Å². The van der Waals surface area contributed by atoms with E-state index in [-0.39, 0.29) is 19.6 Å². The molecule has 0 spiro atoms. The van der Waals surface area contributed by atoms with E-state index in [1.165, 1.54) is 64.2 Å². The van der Waals surface area contributed by atoms with Crippen LogP contribution >= 0.6 is 0 Å². The largest absolute Gasteiger partial charge is 0.457 e. The molecule has 12 nitrogen and oxygen atoms in total. The fourth-order valence-electron chi connectivity index (χ4n) is 7.47. The van der Waals surface area contributed by atoms with Crippen LogP contribution in [0.5, 0.6) is 0 Å². The number of aliphatic hydroxyl groups is 3. The summed E-state index contributed by atoms with van der Waals surface area (Å²) in [7, 11) is -5.08. The number of ether oxygens (including phenoxy) is 4. The van der Waals surface area contributed by atoms with Crippen molar-refractivity contribution >= 4 is 16.4 Å². The first-order chi connectivity index (χ1) is 33.6. The first-order valence-corrected chi connectivity index (χ1v) is 27.9. The maximum atomic E-state index is 12.9. The van der Waals surface area contributed by atoms with Gasteiger partial charge in [-0.2, -0.15) is 8.42 Å². The van der Waals surface area contributed by atoms with Crippen molar-refractivity contribution in [3.63, 3.8) is 0 Å². The molecule has 13 heteroatoms. The number of carbonyl (C=O) groups is 1. The molecule has 1 aliphatic heterocycles. The number of esters is 1. The Bertz CT molecular complexity index is 1570. The molecule has 1 rings (SSSR count). The average molecular weight is 991 g/mol. The second kappa shape index (κ2) is 46.1. The lowest BCUT2D eigenvalue weighted by molar-refractivity contribution is -0.301. The molecular weight excluding hydrogens is 897 g/mol. The van der Waals surface area contributed by atoms with E-state index in [0.717, 1.165) is 96.3 Å². The Hall–Kier alpha value is -2.98. The maximum absolute atomic E-state index is 12.9. The summed E-state index contributed by atoms with van der Waals surface area (Å²) in [5.74, 6) is -0.429. The predicted molar refractivity (Wildman–Crippen MR) is 280 cm³/mol. The summed E-state index contributed by atoms with van der Waals surface area (Å²) in [6.45, 7) is 3.81. The highest BCUT2D eigenvalue weighted by Gasteiger charge is 2.48. The summed E-state index contributed by atoms with van der Waals surface area (Å²) in [5.41, 5.74) is 0. The Morgan fingerprint density at radius 2 is 1.00 bits per heavy atom. The summed E-state index contributed by atoms with van der Waals surface area (Å²) < 4.78 is 59.3. The molecule has 0 aliphatic carbocycles. The molecule has 0 aromatic heterocycles. The van der Waals surface area contributed by atoms with Crippen LogP contribution in [0, 0.1) is 0 Å². The third kappa shape index (κ3) is 39.3. The summed E-state index contributed by atoms with van der Waals surface area (Å²) >= 11 is 0. The predicted octanol–water partition coefficient (Wildman–Crippen LogP) is 12.6. The highest BCUT2D eigenvalue weighted by Crippen LogP contribution is 2.26. The normalized spacial score (nSPS) is 20.0. The molecule has 0 amide bonds. The highest BCUT2D eigenvalue weighted by molar-refractivity contribution is 7.80. The summed E-state index contributed by atoms with van der Waals surface area (Å²) in [6, 6.07) is 0. The number of allylic oxidation sites excluding steroid dienone is 16. The number of aliphatic hydroxyl groups excluding tert-OH is 3. The molecule has 69 heavy (non-hydrogen) atoms. The fraction of sp³-hybridized carbons (Fsp3) is 0.696. The third-order valence-corrected chi connectivity index (χ3v) is 11.9. The van der Waals surface area contributed by atoms with Gasteiger partial charge in [0.25, 0.3) is 0 Å². The van der Waals surface area contributed by atoms with Crippen molar-refractivity contribution in [2.24, 2.45) is 0 Å². The van der Waals surface area contributed by atoms with Gasteiger partial charge in [-0.3, -0.25) is 9.35 Å². The lowest BCUT2D eigenvalue weighted by Crippen LogP contribution is -2.60. The number of hydrogen-bond donors (Lipinski definition) is 4. The molecule has 0 aromatic rings. The zero-order valence-corrected chi connectivity index (χ0v) is 43.4. The maximum Gasteiger partial charge on any atom is 0.397 e. The molecule has 396 valence electrons. The third-order valence-electron chi connectivity index (χ3n) is 11.4. The standard InChI is InChI=1S/C56H94O12S/c1-3-5-7-9-11-13-15-17-19-21-23-24-25-26-27-29-31-33-35-37-39-41-43-45-52(58)66-50(49-65-56-54(60)55(68-69(61,62)63)53(59)51(47-57)67-56)48-64-46-44-42-40-38-36-34-32-30-28-22-20-18-16-14-12-10-8-6-4-2/h5,7,11,13-14,16-17,19-20,22-24,26-27,31,33,50-51,53-57,59-60H,3-4,6,8-10,12,15,18,21,25,28-30,32,34-49H2,1-2H3,(H,61,62,63)/b7-5-,13-11-,16-14-,19-17-,22-20-,24-23-,27-26-,33-31-. The molecule has 1 saturated heterocycles. The number of unbranched alkanes of at least 4 members (excludes halogenated alkanes) is 16. The van der Waals surface area contributed by atoms with Gasteiger partial charge in [-0.1, -0.05) is 182 Å². The minimum absolute atomic E-state index is 0.0152. The molecule has 0 bridgehead atoms. The zero-order valence-electron chi connectivity index (χ0n) is 42.6. The van der Waals surface area contributed by atoms with Crippen molar-refractivity contribution in [1.29, 1.82) is 0 Å². The van der Waals surface area contributed by atoms with Crippen molar-refractivity contribution in [3.8, 4) is 0 Å². The van der Waals surface area contributed by atoms with Gasteiger partial charge >= 0.3 is 16.4 Å². The van der Waals surface area contributed by atoms with Gasteiger partial charge in [0.15, 0.2) is 6.29 Å². The Labute approximate surface area is 418 Å². The molecule has 0 aromatic carbocycles. The fourth-order valence-corrected chi connectivity index (χ4v) is 7.98. The topological polar surface area (TPSA) is 178 Å². The van der Waals surface area contributed by atoms with Gasteiger partial charge in [0.05, 0.1) is 19.8 Å². The van der Waals surface area contributed by atoms with E-state index in [2.05, 4.69) is 115 Å². The second-order valence-corrected chi connectivity index (χ2v) is 18.8. The van der Waals surface area contributed by atoms with Crippen LogP contribution in [0.3, 0.4) is 0 Å². The van der Waals surface area contributed by atoms with Crippen molar-refractivity contribution in [3.05, 3.63) is 97.2 Å². The van der Waals surface area contributed by atoms with E-state index in [0.29, 0.717) is 13.0 Å². The minimum atomic E-state index is -5.08. The summed E-state index contributed by atoms with van der Waals surface area (Å²) in [6.07, 6.45) is 54.3. The molecule has 1 aliphatic rings. The average Bonchev–Trinajstić information content (AvgIpc) is 3.32. The van der Waals surface area contributed by atoms with Crippen LogP contribution in [0.1, 0.15) is 187 Å². The van der Waals surface area contributed by atoms with Crippen molar-refractivity contribution in [2.75, 3.05) is 26.4 Å². The summed E-state index contributed by atoms with van der Waals surface area (Å²) in [4.78, 5) is 12.9. The lowest BCUT2D eigenvalue weighted by Gasteiger charge is -2.41. The van der Waals surface area contributed by atoms with Crippen LogP contribution in [0.2, 0.25) is 0 Å². The SMILES string of the molecule is CC/C=C\C/C=C\C/C=C\C/C=C\C/C=C\C/C=C\CCCCCCC(=O)OC(COCCCCCCCCCC/C=C\C/C=C\CCCCCC)COC1OC(CO)C(O)C(OS(=O)(=O)O)C1O. The van der Waals surface area contributed by atoms with Gasteiger partial charge < -0.3 is 34.3 Å². The minimum Gasteiger partial charge on any atom is -0.457 e. The van der Waals surface area contributed by atoms with E-state index >= 15 is 0 Å². The number of hydrogen-bond acceptors (Lipinski definition) is 11. The monoisotopic (exact) mass is 991 g/mol. The Kier molecular flexibility index (Phi) is 42.8. The van der Waals surface area contributed by atoms with Gasteiger partial charge in [0.1, 0.15) is 30.5 Å². The van der Waals surface area contributed by atoms with E-state index < -0.39 is 59.8 Å². The molecule has 1 fully saturated rings. The lowest BCUT2D eigenvalue weighted by atomic mass is 9.99. The molecule has 0 saturated carbocycles. The van der Waals surface area contributed by atoms with Crippen molar-refractivity contribution in [2.45, 2.75) is 224 Å². The second-order valence-electron chi connectivity index (χ2n) is 17.7. The highest BCUT2D eigenvalue weighted by atomic mass is 32.3. The first kappa shape index (κ1) is 64.0. The molecule has 0 radical (unpaired) electrons. The van der Waals surface area contributed by atoms with Crippen LogP contribution in [0.4, 0.5) is 0 Å². The molecule has 1 heterocycles. The van der Waals surface area contributed by atoms with Gasteiger partial charge in [-0.15, -0.1) is 0 Å². The van der Waals surface area contributed by atoms with Crippen LogP contribution in [0.15, 0.2) is 97.2 Å². The quantitative estimate of drug-likeness (QED) is 0.0197. The van der Waals surface area contributed by atoms with Crippen LogP contribution < -0.4 is 0 Å². The zero-order chi connectivity index (χ0) is 50.3. The van der Waals surface area contributed by atoms with Crippen LogP contribution in [-0.4, -0.2) is 97.5 Å². The van der Waals surface area contributed by atoms with Gasteiger partial charge in [0.2, 0.25) is 0 Å². The van der Waals surface area contributed by atoms with Crippen molar-refractivity contribution in [1.82, 2.24) is 0 Å². The van der Waals surface area contributed by atoms with Gasteiger partial charge in [-0.25, -0.2) is 4.18 Å². The molecule has 6 atom stereocenters. The van der Waals surface area contributed by atoms with E-state index in [9.17, 15) is 33.1 Å². The molecule has 6 unspecified atom stereocenters.